The molecule has 2 N–H and O–H groups in total. The van der Waals surface area contributed by atoms with Crippen molar-refractivity contribution < 1.29 is 9.47 Å². The van der Waals surface area contributed by atoms with Crippen molar-refractivity contribution in [2.75, 3.05) is 20.3 Å². The molecule has 0 spiro atoms. The lowest BCUT2D eigenvalue weighted by atomic mass is 10.00. The fraction of sp³-hybridized carbons (Fsp3) is 0.385. The number of nitrogens with two attached hydrogens (primary N) is 1. The third-order valence-electron chi connectivity index (χ3n) is 2.81. The van der Waals surface area contributed by atoms with E-state index in [1.807, 2.05) is 25.1 Å². The molecule has 0 atom stereocenters. The van der Waals surface area contributed by atoms with E-state index < -0.39 is 0 Å². The third-order valence-corrected chi connectivity index (χ3v) is 2.81. The fourth-order valence-electron chi connectivity index (χ4n) is 2.11. The quantitative estimate of drug-likeness (QED) is 0.844. The lowest BCUT2D eigenvalue weighted by molar-refractivity contribution is 0.356. The molecule has 1 heterocycles. The third kappa shape index (κ3) is 1.78. The molecule has 1 aromatic rings. The average Bonchev–Trinajstić information content (AvgIpc) is 2.72. The topological polar surface area (TPSA) is 44.5 Å². The van der Waals surface area contributed by atoms with Crippen LogP contribution in [0.4, 0.5) is 0 Å². The predicted molar refractivity (Wildman–Crippen MR) is 65.0 cm³/mol. The van der Waals surface area contributed by atoms with Gasteiger partial charge in [0.05, 0.1) is 13.7 Å². The summed E-state index contributed by atoms with van der Waals surface area (Å²) in [7, 11) is 1.70. The van der Waals surface area contributed by atoms with Gasteiger partial charge in [0.1, 0.15) is 11.5 Å². The maximum absolute atomic E-state index is 5.58. The monoisotopic (exact) mass is 219 g/mol. The summed E-state index contributed by atoms with van der Waals surface area (Å²) in [5.74, 6) is 1.91. The first kappa shape index (κ1) is 11.0. The van der Waals surface area contributed by atoms with Gasteiger partial charge in [-0.05, 0) is 18.6 Å². The number of benzene rings is 1. The van der Waals surface area contributed by atoms with Crippen LogP contribution in [0.5, 0.6) is 11.5 Å². The molecule has 1 aliphatic rings. The minimum atomic E-state index is 0.534. The zero-order valence-corrected chi connectivity index (χ0v) is 9.75. The number of fused-ring (bicyclic) bond motifs is 1. The molecule has 16 heavy (non-hydrogen) atoms. The Morgan fingerprint density at radius 2 is 2.38 bits per heavy atom. The molecule has 0 saturated heterocycles. The minimum Gasteiger partial charge on any atom is -0.496 e. The lowest BCUT2D eigenvalue weighted by Gasteiger charge is -2.12. The fourth-order valence-corrected chi connectivity index (χ4v) is 2.11. The summed E-state index contributed by atoms with van der Waals surface area (Å²) >= 11 is 0. The molecule has 1 aromatic carbocycles. The van der Waals surface area contributed by atoms with Crippen molar-refractivity contribution >= 4 is 6.08 Å². The summed E-state index contributed by atoms with van der Waals surface area (Å²) in [5, 5.41) is 0. The van der Waals surface area contributed by atoms with Crippen molar-refractivity contribution in [2.45, 2.75) is 13.3 Å². The smallest absolute Gasteiger partial charge is 0.129 e. The SMILES string of the molecule is COc1c(C)cc2c(c1/C=C/CN)CCO2. The molecule has 3 nitrogen and oxygen atoms in total. The van der Waals surface area contributed by atoms with E-state index in [0.717, 1.165) is 35.7 Å². The van der Waals surface area contributed by atoms with Crippen LogP contribution in [-0.2, 0) is 6.42 Å². The van der Waals surface area contributed by atoms with Gasteiger partial charge in [0.15, 0.2) is 0 Å². The number of hydrogen-bond donors (Lipinski definition) is 1. The van der Waals surface area contributed by atoms with Gasteiger partial charge in [0.25, 0.3) is 0 Å². The lowest BCUT2D eigenvalue weighted by Crippen LogP contribution is -1.97. The van der Waals surface area contributed by atoms with Gasteiger partial charge in [0, 0.05) is 24.1 Å². The predicted octanol–water partition coefficient (Wildman–Crippen LogP) is 1.91. The van der Waals surface area contributed by atoms with E-state index in [-0.39, 0.29) is 0 Å². The van der Waals surface area contributed by atoms with Gasteiger partial charge in [0.2, 0.25) is 0 Å². The molecule has 1 aliphatic heterocycles. The molecule has 86 valence electrons. The molecule has 0 unspecified atom stereocenters. The first-order valence-electron chi connectivity index (χ1n) is 5.47. The summed E-state index contributed by atoms with van der Waals surface area (Å²) in [6, 6.07) is 2.04. The molecule has 0 saturated carbocycles. The normalized spacial score (nSPS) is 13.9. The molecule has 0 fully saturated rings. The molecular weight excluding hydrogens is 202 g/mol. The van der Waals surface area contributed by atoms with E-state index in [9.17, 15) is 0 Å². The Balaban J connectivity index is 2.57. The highest BCUT2D eigenvalue weighted by molar-refractivity contribution is 5.68. The van der Waals surface area contributed by atoms with Gasteiger partial charge < -0.3 is 15.2 Å². The Hall–Kier alpha value is -1.48. The second-order valence-corrected chi connectivity index (χ2v) is 3.85. The van der Waals surface area contributed by atoms with Crippen molar-refractivity contribution in [3.05, 3.63) is 28.8 Å². The minimum absolute atomic E-state index is 0.534. The van der Waals surface area contributed by atoms with E-state index in [0.29, 0.717) is 6.54 Å². The highest BCUT2D eigenvalue weighted by atomic mass is 16.5. The van der Waals surface area contributed by atoms with Gasteiger partial charge in [-0.15, -0.1) is 0 Å². The first-order valence-corrected chi connectivity index (χ1v) is 5.47. The van der Waals surface area contributed by atoms with Crippen molar-refractivity contribution in [2.24, 2.45) is 5.73 Å². The number of methoxy groups -OCH3 is 1. The molecule has 0 aromatic heterocycles. The molecular formula is C13H17NO2. The van der Waals surface area contributed by atoms with Crippen LogP contribution < -0.4 is 15.2 Å². The molecule has 0 aliphatic carbocycles. The largest absolute Gasteiger partial charge is 0.496 e. The summed E-state index contributed by atoms with van der Waals surface area (Å²) in [6.07, 6.45) is 4.91. The van der Waals surface area contributed by atoms with Gasteiger partial charge in [-0.3, -0.25) is 0 Å². The van der Waals surface area contributed by atoms with Crippen molar-refractivity contribution in [3.63, 3.8) is 0 Å². The maximum atomic E-state index is 5.58. The number of aryl methyl sites for hydroxylation is 1. The van der Waals surface area contributed by atoms with Crippen LogP contribution in [0.2, 0.25) is 0 Å². The van der Waals surface area contributed by atoms with E-state index in [1.165, 1.54) is 5.56 Å². The Labute approximate surface area is 95.9 Å². The first-order chi connectivity index (χ1) is 7.77. The second kappa shape index (κ2) is 4.58. The summed E-state index contributed by atoms with van der Waals surface area (Å²) in [5.41, 5.74) is 8.93. The highest BCUT2D eigenvalue weighted by Crippen LogP contribution is 2.38. The number of rotatable bonds is 3. The Kier molecular flexibility index (Phi) is 3.15. The van der Waals surface area contributed by atoms with Crippen molar-refractivity contribution in [1.29, 1.82) is 0 Å². The average molecular weight is 219 g/mol. The highest BCUT2D eigenvalue weighted by Gasteiger charge is 2.20. The van der Waals surface area contributed by atoms with Crippen molar-refractivity contribution in [3.8, 4) is 11.5 Å². The second-order valence-electron chi connectivity index (χ2n) is 3.85. The number of ether oxygens (including phenoxy) is 2. The van der Waals surface area contributed by atoms with E-state index in [1.54, 1.807) is 7.11 Å². The van der Waals surface area contributed by atoms with Crippen LogP contribution in [0, 0.1) is 6.92 Å². The summed E-state index contributed by atoms with van der Waals surface area (Å²) in [6.45, 7) is 3.32. The standard InChI is InChI=1S/C13H17NO2/c1-9-8-12-10(5-7-16-12)11(4-3-6-14)13(9)15-2/h3-4,8H,5-7,14H2,1-2H3/b4-3+. The summed E-state index contributed by atoms with van der Waals surface area (Å²) in [4.78, 5) is 0. The molecule has 2 rings (SSSR count). The molecule has 3 heteroatoms. The Morgan fingerprint density at radius 1 is 1.56 bits per heavy atom. The van der Waals surface area contributed by atoms with Gasteiger partial charge >= 0.3 is 0 Å². The molecule has 0 amide bonds. The summed E-state index contributed by atoms with van der Waals surface area (Å²) < 4.78 is 11.0. The van der Waals surface area contributed by atoms with Crippen LogP contribution in [-0.4, -0.2) is 20.3 Å². The van der Waals surface area contributed by atoms with E-state index in [2.05, 4.69) is 0 Å². The van der Waals surface area contributed by atoms with Gasteiger partial charge in [-0.2, -0.15) is 0 Å². The van der Waals surface area contributed by atoms with Crippen LogP contribution in [0.3, 0.4) is 0 Å². The van der Waals surface area contributed by atoms with Crippen LogP contribution in [0.25, 0.3) is 6.08 Å². The van der Waals surface area contributed by atoms with E-state index >= 15 is 0 Å². The maximum Gasteiger partial charge on any atom is 0.129 e. The van der Waals surface area contributed by atoms with Gasteiger partial charge in [-0.1, -0.05) is 12.2 Å². The zero-order valence-electron chi connectivity index (χ0n) is 9.75. The molecule has 0 bridgehead atoms. The van der Waals surface area contributed by atoms with E-state index in [4.69, 9.17) is 15.2 Å². The number of hydrogen-bond acceptors (Lipinski definition) is 3. The Morgan fingerprint density at radius 3 is 3.06 bits per heavy atom. The van der Waals surface area contributed by atoms with Crippen molar-refractivity contribution in [1.82, 2.24) is 0 Å². The zero-order chi connectivity index (χ0) is 11.5. The Bertz CT molecular complexity index is 421. The van der Waals surface area contributed by atoms with Crippen LogP contribution in [0.1, 0.15) is 16.7 Å². The molecule has 0 radical (unpaired) electrons. The van der Waals surface area contributed by atoms with Crippen LogP contribution >= 0.6 is 0 Å². The van der Waals surface area contributed by atoms with Crippen LogP contribution in [0.15, 0.2) is 12.1 Å². The van der Waals surface area contributed by atoms with Gasteiger partial charge in [-0.25, -0.2) is 0 Å².